The number of rotatable bonds is 3. The van der Waals surface area contributed by atoms with Crippen LogP contribution in [0.4, 0.5) is 0 Å². The van der Waals surface area contributed by atoms with Crippen molar-refractivity contribution >= 4 is 11.6 Å². The van der Waals surface area contributed by atoms with Crippen molar-refractivity contribution in [1.82, 2.24) is 9.55 Å². The first kappa shape index (κ1) is 10.9. The number of hydrogen-bond acceptors (Lipinski definition) is 3. The lowest BCUT2D eigenvalue weighted by Crippen LogP contribution is -2.51. The molecule has 0 radical (unpaired) electrons. The normalized spacial score (nSPS) is 30.3. The maximum absolute atomic E-state index is 9.44. The average molecular weight is 230 g/mol. The van der Waals surface area contributed by atoms with Gasteiger partial charge in [0.1, 0.15) is 0 Å². The van der Waals surface area contributed by atoms with Crippen LogP contribution >= 0.6 is 11.6 Å². The molecule has 1 aromatic heterocycles. The van der Waals surface area contributed by atoms with Crippen molar-refractivity contribution < 1.29 is 5.11 Å². The fourth-order valence-electron chi connectivity index (χ4n) is 2.42. The number of nitrogens with zero attached hydrogens (tertiary/aromatic N) is 2. The number of imidazole rings is 1. The summed E-state index contributed by atoms with van der Waals surface area (Å²) >= 11 is 6.08. The SMILES string of the molecule is CCn1cnc(Cl)c1C1(CN)CC(O)C1. The predicted octanol–water partition coefficient (Wildman–Crippen LogP) is 0.908. The number of aryl methyl sites for hydroxylation is 1. The van der Waals surface area contributed by atoms with E-state index in [1.807, 2.05) is 11.5 Å². The van der Waals surface area contributed by atoms with Crippen LogP contribution in [0, 0.1) is 0 Å². The molecule has 0 saturated heterocycles. The first-order valence-electron chi connectivity index (χ1n) is 5.22. The summed E-state index contributed by atoms with van der Waals surface area (Å²) in [5.74, 6) is 0. The Bertz CT molecular complexity index is 358. The summed E-state index contributed by atoms with van der Waals surface area (Å²) in [5.41, 5.74) is 6.63. The molecule has 1 heterocycles. The van der Waals surface area contributed by atoms with Crippen LogP contribution in [0.15, 0.2) is 6.33 Å². The average Bonchev–Trinajstić information content (AvgIpc) is 2.55. The molecule has 4 nitrogen and oxygen atoms in total. The highest BCUT2D eigenvalue weighted by molar-refractivity contribution is 6.30. The molecule has 2 rings (SSSR count). The lowest BCUT2D eigenvalue weighted by Gasteiger charge is -2.45. The molecule has 15 heavy (non-hydrogen) atoms. The second-order valence-electron chi connectivity index (χ2n) is 4.22. The van der Waals surface area contributed by atoms with Gasteiger partial charge in [0, 0.05) is 18.5 Å². The number of nitrogens with two attached hydrogens (primary N) is 1. The lowest BCUT2D eigenvalue weighted by molar-refractivity contribution is 0.0184. The maximum Gasteiger partial charge on any atom is 0.150 e. The molecule has 1 saturated carbocycles. The van der Waals surface area contributed by atoms with Gasteiger partial charge in [-0.15, -0.1) is 0 Å². The smallest absolute Gasteiger partial charge is 0.150 e. The molecular formula is C10H16ClN3O. The molecule has 1 aliphatic rings. The molecule has 5 heteroatoms. The molecule has 0 atom stereocenters. The first-order chi connectivity index (χ1) is 7.13. The van der Waals surface area contributed by atoms with E-state index in [9.17, 15) is 5.11 Å². The van der Waals surface area contributed by atoms with Crippen molar-refractivity contribution in [3.8, 4) is 0 Å². The zero-order valence-corrected chi connectivity index (χ0v) is 9.54. The minimum absolute atomic E-state index is 0.164. The molecule has 1 aromatic rings. The summed E-state index contributed by atoms with van der Waals surface area (Å²) in [5, 5.41) is 9.96. The van der Waals surface area contributed by atoms with Crippen LogP contribution in [0.25, 0.3) is 0 Å². The van der Waals surface area contributed by atoms with Gasteiger partial charge in [-0.05, 0) is 19.8 Å². The lowest BCUT2D eigenvalue weighted by atomic mass is 9.65. The first-order valence-corrected chi connectivity index (χ1v) is 5.60. The highest BCUT2D eigenvalue weighted by atomic mass is 35.5. The third-order valence-corrected chi connectivity index (χ3v) is 3.56. The zero-order valence-electron chi connectivity index (χ0n) is 8.78. The molecule has 1 fully saturated rings. The van der Waals surface area contributed by atoms with Crippen LogP contribution in [0.1, 0.15) is 25.5 Å². The van der Waals surface area contributed by atoms with E-state index in [2.05, 4.69) is 4.98 Å². The maximum atomic E-state index is 9.44. The number of halogens is 1. The molecule has 84 valence electrons. The van der Waals surface area contributed by atoms with Gasteiger partial charge in [0.25, 0.3) is 0 Å². The van der Waals surface area contributed by atoms with Crippen LogP contribution in [0.3, 0.4) is 0 Å². The van der Waals surface area contributed by atoms with Crippen molar-refractivity contribution in [3.63, 3.8) is 0 Å². The Kier molecular flexibility index (Phi) is 2.75. The predicted molar refractivity (Wildman–Crippen MR) is 58.9 cm³/mol. The summed E-state index contributed by atoms with van der Waals surface area (Å²) < 4.78 is 2.01. The summed E-state index contributed by atoms with van der Waals surface area (Å²) in [6, 6.07) is 0. The Morgan fingerprint density at radius 1 is 1.73 bits per heavy atom. The highest BCUT2D eigenvalue weighted by Gasteiger charge is 2.47. The topological polar surface area (TPSA) is 64.1 Å². The summed E-state index contributed by atoms with van der Waals surface area (Å²) in [6.07, 6.45) is 2.87. The number of aliphatic hydroxyl groups excluding tert-OH is 1. The second kappa shape index (κ2) is 3.77. The fraction of sp³-hybridized carbons (Fsp3) is 0.700. The minimum atomic E-state index is -0.246. The Hall–Kier alpha value is -0.580. The largest absolute Gasteiger partial charge is 0.393 e. The van der Waals surface area contributed by atoms with Gasteiger partial charge in [-0.1, -0.05) is 11.6 Å². The van der Waals surface area contributed by atoms with Crippen LogP contribution in [-0.2, 0) is 12.0 Å². The van der Waals surface area contributed by atoms with Gasteiger partial charge in [-0.2, -0.15) is 0 Å². The standard InChI is InChI=1S/C10H16ClN3O/c1-2-14-6-13-9(11)8(14)10(5-12)3-7(15)4-10/h6-7,15H,2-5,12H2,1H3. The van der Waals surface area contributed by atoms with Crippen LogP contribution in [0.5, 0.6) is 0 Å². The number of aliphatic hydroxyl groups is 1. The van der Waals surface area contributed by atoms with Gasteiger partial charge in [-0.25, -0.2) is 4.98 Å². The fourth-order valence-corrected chi connectivity index (χ4v) is 2.77. The van der Waals surface area contributed by atoms with Crippen molar-refractivity contribution in [3.05, 3.63) is 17.2 Å². The zero-order chi connectivity index (χ0) is 11.1. The molecule has 0 bridgehead atoms. The van der Waals surface area contributed by atoms with Gasteiger partial charge < -0.3 is 15.4 Å². The van der Waals surface area contributed by atoms with Crippen LogP contribution in [0.2, 0.25) is 5.15 Å². The van der Waals surface area contributed by atoms with Gasteiger partial charge >= 0.3 is 0 Å². The van der Waals surface area contributed by atoms with Gasteiger partial charge in [0.15, 0.2) is 5.15 Å². The quantitative estimate of drug-likeness (QED) is 0.810. The van der Waals surface area contributed by atoms with E-state index in [-0.39, 0.29) is 11.5 Å². The molecule has 0 aromatic carbocycles. The van der Waals surface area contributed by atoms with Gasteiger partial charge in [0.05, 0.1) is 18.1 Å². The number of hydrogen-bond donors (Lipinski definition) is 2. The van der Waals surface area contributed by atoms with Gasteiger partial charge in [0.2, 0.25) is 0 Å². The molecule has 0 aliphatic heterocycles. The third-order valence-electron chi connectivity index (χ3n) is 3.28. The van der Waals surface area contributed by atoms with E-state index in [4.69, 9.17) is 17.3 Å². The third kappa shape index (κ3) is 1.57. The molecule has 0 spiro atoms. The van der Waals surface area contributed by atoms with Crippen LogP contribution in [-0.4, -0.2) is 27.3 Å². The van der Waals surface area contributed by atoms with E-state index in [0.717, 1.165) is 12.2 Å². The Morgan fingerprint density at radius 3 is 2.87 bits per heavy atom. The molecule has 3 N–H and O–H groups in total. The Labute approximate surface area is 94.1 Å². The Balaban J connectivity index is 2.38. The molecule has 0 unspecified atom stereocenters. The second-order valence-corrected chi connectivity index (χ2v) is 4.57. The van der Waals surface area contributed by atoms with E-state index in [1.165, 1.54) is 0 Å². The van der Waals surface area contributed by atoms with Gasteiger partial charge in [-0.3, -0.25) is 0 Å². The van der Waals surface area contributed by atoms with Crippen molar-refractivity contribution in [1.29, 1.82) is 0 Å². The van der Waals surface area contributed by atoms with E-state index < -0.39 is 0 Å². The molecular weight excluding hydrogens is 214 g/mol. The number of aromatic nitrogens is 2. The van der Waals surface area contributed by atoms with E-state index in [0.29, 0.717) is 24.5 Å². The molecule has 0 amide bonds. The minimum Gasteiger partial charge on any atom is -0.393 e. The van der Waals surface area contributed by atoms with E-state index in [1.54, 1.807) is 6.33 Å². The van der Waals surface area contributed by atoms with Crippen molar-refractivity contribution in [2.24, 2.45) is 5.73 Å². The van der Waals surface area contributed by atoms with Crippen molar-refractivity contribution in [2.75, 3.05) is 6.54 Å². The molecule has 1 aliphatic carbocycles. The monoisotopic (exact) mass is 229 g/mol. The summed E-state index contributed by atoms with van der Waals surface area (Å²) in [7, 11) is 0. The highest BCUT2D eigenvalue weighted by Crippen LogP contribution is 2.45. The van der Waals surface area contributed by atoms with Crippen LogP contribution < -0.4 is 5.73 Å². The van der Waals surface area contributed by atoms with E-state index >= 15 is 0 Å². The Morgan fingerprint density at radius 2 is 2.40 bits per heavy atom. The van der Waals surface area contributed by atoms with Crippen molar-refractivity contribution in [2.45, 2.75) is 37.8 Å². The summed E-state index contributed by atoms with van der Waals surface area (Å²) in [4.78, 5) is 4.10. The summed E-state index contributed by atoms with van der Waals surface area (Å²) in [6.45, 7) is 3.38.